The van der Waals surface area contributed by atoms with Crippen molar-refractivity contribution in [3.05, 3.63) is 76.1 Å². The normalized spacial score (nSPS) is 20.4. The van der Waals surface area contributed by atoms with Crippen LogP contribution in [-0.2, 0) is 6.42 Å². The number of nitrogens with zero attached hydrogens (tertiary/aromatic N) is 3. The molecule has 7 heteroatoms. The third-order valence-electron chi connectivity index (χ3n) is 7.01. The van der Waals surface area contributed by atoms with E-state index < -0.39 is 0 Å². The predicted molar refractivity (Wildman–Crippen MR) is 124 cm³/mol. The molecule has 1 aliphatic carbocycles. The summed E-state index contributed by atoms with van der Waals surface area (Å²) in [6, 6.07) is 11.7. The Morgan fingerprint density at radius 1 is 1.25 bits per heavy atom. The number of H-pyrrole nitrogens is 1. The minimum absolute atomic E-state index is 0.0793. The number of imidazole rings is 1. The van der Waals surface area contributed by atoms with Gasteiger partial charge in [0, 0.05) is 17.6 Å². The molecule has 1 fully saturated rings. The van der Waals surface area contributed by atoms with Gasteiger partial charge in [-0.25, -0.2) is 10.1 Å². The summed E-state index contributed by atoms with van der Waals surface area (Å²) in [6.07, 6.45) is 8.27. The van der Waals surface area contributed by atoms with Gasteiger partial charge in [-0.3, -0.25) is 14.0 Å². The number of benzene rings is 1. The highest BCUT2D eigenvalue weighted by molar-refractivity contribution is 5.93. The molecule has 0 bridgehead atoms. The Kier molecular flexibility index (Phi) is 5.04. The second-order valence-corrected chi connectivity index (χ2v) is 9.05. The van der Waals surface area contributed by atoms with Crippen LogP contribution in [0.4, 0.5) is 0 Å². The van der Waals surface area contributed by atoms with Crippen molar-refractivity contribution in [2.75, 3.05) is 0 Å². The van der Waals surface area contributed by atoms with Crippen LogP contribution in [0.15, 0.2) is 53.6 Å². The standard InChI is InChI=1S/C25H27N5O2/c1-3-25(10-8-20-18-6-4-5-7-19(18)23(31)29-28-20)13-17(14-25)27-24(32)21-15-26-22-12-16(2)9-11-30(21)22/h4-7,9,11-12,15,17H,3,8,10,13-14H2,1-2H3,(H,27,32)(H,29,31)/t17-,25-. The third kappa shape index (κ3) is 3.57. The van der Waals surface area contributed by atoms with E-state index in [-0.39, 0.29) is 22.9 Å². The number of fused-ring (bicyclic) bond motifs is 2. The van der Waals surface area contributed by atoms with Gasteiger partial charge < -0.3 is 5.32 Å². The van der Waals surface area contributed by atoms with Gasteiger partial charge in [-0.1, -0.05) is 31.5 Å². The van der Waals surface area contributed by atoms with E-state index in [1.54, 1.807) is 6.20 Å². The Bertz CT molecular complexity index is 1360. The molecular weight excluding hydrogens is 402 g/mol. The molecule has 164 valence electrons. The van der Waals surface area contributed by atoms with Crippen LogP contribution in [0.3, 0.4) is 0 Å². The number of amides is 1. The predicted octanol–water partition coefficient (Wildman–Crippen LogP) is 3.80. The minimum Gasteiger partial charge on any atom is -0.348 e. The lowest BCUT2D eigenvalue weighted by atomic mass is 9.61. The van der Waals surface area contributed by atoms with Gasteiger partial charge in [0.1, 0.15) is 11.3 Å². The summed E-state index contributed by atoms with van der Waals surface area (Å²) in [5, 5.41) is 11.8. The van der Waals surface area contributed by atoms with Crippen molar-refractivity contribution in [3.8, 4) is 0 Å². The topological polar surface area (TPSA) is 92.1 Å². The molecule has 0 spiro atoms. The summed E-state index contributed by atoms with van der Waals surface area (Å²) in [5.41, 5.74) is 3.44. The number of aromatic nitrogens is 4. The van der Waals surface area contributed by atoms with Gasteiger partial charge in [-0.05, 0) is 61.8 Å². The van der Waals surface area contributed by atoms with E-state index in [0.29, 0.717) is 11.1 Å². The van der Waals surface area contributed by atoms with Gasteiger partial charge in [-0.2, -0.15) is 5.10 Å². The zero-order valence-electron chi connectivity index (χ0n) is 18.4. The first kappa shape index (κ1) is 20.4. The molecule has 0 aliphatic heterocycles. The number of pyridine rings is 1. The van der Waals surface area contributed by atoms with Gasteiger partial charge in [0.05, 0.1) is 17.3 Å². The van der Waals surface area contributed by atoms with Crippen LogP contribution in [-0.4, -0.2) is 31.5 Å². The molecule has 32 heavy (non-hydrogen) atoms. The Morgan fingerprint density at radius 3 is 2.81 bits per heavy atom. The van der Waals surface area contributed by atoms with Crippen LogP contribution >= 0.6 is 0 Å². The molecule has 0 saturated heterocycles. The van der Waals surface area contributed by atoms with Crippen molar-refractivity contribution in [2.24, 2.45) is 5.41 Å². The summed E-state index contributed by atoms with van der Waals surface area (Å²) in [7, 11) is 0. The van der Waals surface area contributed by atoms with Gasteiger partial charge in [0.2, 0.25) is 0 Å². The van der Waals surface area contributed by atoms with E-state index in [2.05, 4.69) is 27.4 Å². The molecule has 1 aliphatic rings. The number of aromatic amines is 1. The quantitative estimate of drug-likeness (QED) is 0.488. The number of hydrogen-bond donors (Lipinski definition) is 2. The van der Waals surface area contributed by atoms with Crippen molar-refractivity contribution >= 4 is 22.3 Å². The highest BCUT2D eigenvalue weighted by Gasteiger charge is 2.43. The number of aryl methyl sites for hydroxylation is 2. The first-order valence-corrected chi connectivity index (χ1v) is 11.2. The summed E-state index contributed by atoms with van der Waals surface area (Å²) in [5.74, 6) is -0.0793. The fourth-order valence-corrected chi connectivity index (χ4v) is 5.01. The lowest BCUT2D eigenvalue weighted by Gasteiger charge is -2.48. The maximum absolute atomic E-state index is 12.8. The lowest BCUT2D eigenvalue weighted by molar-refractivity contribution is 0.0568. The molecule has 2 N–H and O–H groups in total. The molecule has 7 nitrogen and oxygen atoms in total. The fraction of sp³-hybridized carbons (Fsp3) is 0.360. The molecule has 4 aromatic rings. The molecular formula is C25H27N5O2. The average Bonchev–Trinajstić information content (AvgIpc) is 3.19. The highest BCUT2D eigenvalue weighted by atomic mass is 16.2. The van der Waals surface area contributed by atoms with Crippen LogP contribution in [0, 0.1) is 12.3 Å². The third-order valence-corrected chi connectivity index (χ3v) is 7.01. The maximum atomic E-state index is 12.8. The largest absolute Gasteiger partial charge is 0.348 e. The van der Waals surface area contributed by atoms with Gasteiger partial charge in [0.25, 0.3) is 11.5 Å². The highest BCUT2D eigenvalue weighted by Crippen LogP contribution is 2.47. The van der Waals surface area contributed by atoms with E-state index in [9.17, 15) is 9.59 Å². The number of hydrogen-bond acceptors (Lipinski definition) is 4. The summed E-state index contributed by atoms with van der Waals surface area (Å²) in [4.78, 5) is 29.2. The molecule has 0 unspecified atom stereocenters. The number of carbonyl (C=O) groups excluding carboxylic acids is 1. The fourth-order valence-electron chi connectivity index (χ4n) is 5.01. The van der Waals surface area contributed by atoms with Gasteiger partial charge in [0.15, 0.2) is 0 Å². The average molecular weight is 430 g/mol. The van der Waals surface area contributed by atoms with Gasteiger partial charge in [-0.15, -0.1) is 0 Å². The van der Waals surface area contributed by atoms with Crippen molar-refractivity contribution in [3.63, 3.8) is 0 Å². The number of nitrogens with one attached hydrogen (secondary N) is 2. The molecule has 5 rings (SSSR count). The number of carbonyl (C=O) groups is 1. The maximum Gasteiger partial charge on any atom is 0.272 e. The summed E-state index contributed by atoms with van der Waals surface area (Å²) in [6.45, 7) is 4.22. The Morgan fingerprint density at radius 2 is 2.03 bits per heavy atom. The molecule has 1 saturated carbocycles. The SMILES string of the molecule is CC[C@]1(CCc2n[nH]c(=O)c3ccccc23)C[C@H](NC(=O)c2cnc3cc(C)ccn23)C1. The van der Waals surface area contributed by atoms with E-state index in [0.717, 1.165) is 54.4 Å². The molecule has 1 aromatic carbocycles. The monoisotopic (exact) mass is 429 g/mol. The van der Waals surface area contributed by atoms with Crippen molar-refractivity contribution in [1.82, 2.24) is 24.9 Å². The Labute approximate surface area is 185 Å². The molecule has 1 amide bonds. The summed E-state index contributed by atoms with van der Waals surface area (Å²) < 4.78 is 1.83. The second-order valence-electron chi connectivity index (χ2n) is 9.05. The van der Waals surface area contributed by atoms with Crippen molar-refractivity contribution in [1.29, 1.82) is 0 Å². The van der Waals surface area contributed by atoms with E-state index in [1.165, 1.54) is 0 Å². The lowest BCUT2D eigenvalue weighted by Crippen LogP contribution is -2.51. The molecule has 3 heterocycles. The first-order chi connectivity index (χ1) is 15.5. The van der Waals surface area contributed by atoms with Crippen LogP contribution in [0.5, 0.6) is 0 Å². The second kappa shape index (κ2) is 7.89. The summed E-state index contributed by atoms with van der Waals surface area (Å²) >= 11 is 0. The molecule has 3 aromatic heterocycles. The van der Waals surface area contributed by atoms with E-state index in [1.807, 2.05) is 53.9 Å². The van der Waals surface area contributed by atoms with Crippen LogP contribution < -0.4 is 10.9 Å². The first-order valence-electron chi connectivity index (χ1n) is 11.2. The van der Waals surface area contributed by atoms with Crippen molar-refractivity contribution in [2.45, 2.75) is 52.0 Å². The van der Waals surface area contributed by atoms with E-state index in [4.69, 9.17) is 0 Å². The van der Waals surface area contributed by atoms with Crippen molar-refractivity contribution < 1.29 is 4.79 Å². The minimum atomic E-state index is -0.150. The Balaban J connectivity index is 1.24. The molecule has 0 atom stereocenters. The van der Waals surface area contributed by atoms with E-state index >= 15 is 0 Å². The van der Waals surface area contributed by atoms with Crippen LogP contribution in [0.2, 0.25) is 0 Å². The zero-order chi connectivity index (χ0) is 22.3. The van der Waals surface area contributed by atoms with Crippen LogP contribution in [0.1, 0.15) is 54.4 Å². The zero-order valence-corrected chi connectivity index (χ0v) is 18.4. The number of rotatable bonds is 6. The van der Waals surface area contributed by atoms with Gasteiger partial charge >= 0.3 is 0 Å². The Hall–Kier alpha value is -3.48. The molecule has 0 radical (unpaired) electrons. The van der Waals surface area contributed by atoms with Crippen LogP contribution in [0.25, 0.3) is 16.4 Å². The smallest absolute Gasteiger partial charge is 0.272 e.